The second-order valence-corrected chi connectivity index (χ2v) is 8.04. The van der Waals surface area contributed by atoms with Crippen molar-refractivity contribution in [2.45, 2.75) is 51.9 Å². The van der Waals surface area contributed by atoms with E-state index in [1.54, 1.807) is 18.2 Å². The van der Waals surface area contributed by atoms with Crippen LogP contribution in [-0.2, 0) is 14.9 Å². The normalized spacial score (nSPS) is 34.9. The molecule has 0 N–H and O–H groups in total. The number of hydrogen-bond donors (Lipinski definition) is 0. The van der Waals surface area contributed by atoms with Crippen LogP contribution < -0.4 is 0 Å². The lowest BCUT2D eigenvalue weighted by molar-refractivity contribution is -0.137. The van der Waals surface area contributed by atoms with Crippen LogP contribution >= 0.6 is 0 Å². The fourth-order valence-corrected chi connectivity index (χ4v) is 5.48. The number of allylic oxidation sites excluding steroid dienone is 1. The molecular weight excluding hydrogens is 315 g/mol. The fourth-order valence-electron chi connectivity index (χ4n) is 5.48. The van der Waals surface area contributed by atoms with Crippen LogP contribution in [0.2, 0.25) is 0 Å². The van der Waals surface area contributed by atoms with Gasteiger partial charge in [0.15, 0.2) is 0 Å². The Bertz CT molecular complexity index is 632. The maximum atomic E-state index is 13.5. The molecule has 2 aliphatic rings. The van der Waals surface area contributed by atoms with Gasteiger partial charge in [-0.25, -0.2) is 9.18 Å². The Morgan fingerprint density at radius 3 is 2.60 bits per heavy atom. The van der Waals surface area contributed by atoms with Crippen molar-refractivity contribution in [3.63, 3.8) is 0 Å². The molecule has 0 heterocycles. The van der Waals surface area contributed by atoms with Gasteiger partial charge in [0, 0.05) is 11.5 Å². The lowest BCUT2D eigenvalue weighted by Crippen LogP contribution is -2.48. The van der Waals surface area contributed by atoms with E-state index in [1.807, 2.05) is 19.1 Å². The van der Waals surface area contributed by atoms with Crippen LogP contribution in [0.4, 0.5) is 4.39 Å². The van der Waals surface area contributed by atoms with Crippen molar-refractivity contribution in [2.75, 3.05) is 6.61 Å². The Morgan fingerprint density at radius 2 is 1.92 bits per heavy atom. The van der Waals surface area contributed by atoms with E-state index in [9.17, 15) is 9.18 Å². The Hall–Kier alpha value is -1.64. The lowest BCUT2D eigenvalue weighted by Gasteiger charge is -2.54. The summed E-state index contributed by atoms with van der Waals surface area (Å²) >= 11 is 0. The molecule has 2 nitrogen and oxygen atoms in total. The van der Waals surface area contributed by atoms with Crippen molar-refractivity contribution < 1.29 is 13.9 Å². The fraction of sp³-hybridized carbons (Fsp3) is 0.591. The van der Waals surface area contributed by atoms with E-state index in [0.29, 0.717) is 24.4 Å². The van der Waals surface area contributed by atoms with Gasteiger partial charge in [0.1, 0.15) is 5.82 Å². The molecule has 5 atom stereocenters. The summed E-state index contributed by atoms with van der Waals surface area (Å²) in [4.78, 5) is 12.0. The number of esters is 1. The highest BCUT2D eigenvalue weighted by atomic mass is 19.1. The minimum Gasteiger partial charge on any atom is -0.463 e. The number of benzene rings is 1. The van der Waals surface area contributed by atoms with Gasteiger partial charge in [0.2, 0.25) is 0 Å². The number of carbonyl (C=O) groups is 1. The first-order chi connectivity index (χ1) is 12.0. The van der Waals surface area contributed by atoms with Crippen LogP contribution in [0.25, 0.3) is 0 Å². The minimum absolute atomic E-state index is 0.216. The predicted octanol–water partition coefficient (Wildman–Crippen LogP) is 5.28. The SMILES string of the molecule is CCOC(=O)/C=C/C1(c2ccc(F)cc2)C(C)CC2CC(C)CC1C2. The first-order valence-corrected chi connectivity index (χ1v) is 9.57. The van der Waals surface area contributed by atoms with Crippen molar-refractivity contribution in [2.24, 2.45) is 23.7 Å². The number of fused-ring (bicyclic) bond motifs is 2. The molecule has 0 aliphatic heterocycles. The zero-order chi connectivity index (χ0) is 18.0. The third-order valence-corrected chi connectivity index (χ3v) is 6.34. The number of rotatable bonds is 4. The van der Waals surface area contributed by atoms with Gasteiger partial charge in [-0.1, -0.05) is 32.1 Å². The standard InChI is InChI=1S/C22H29FO2/c1-4-25-21(24)9-10-22(18-5-7-20(23)8-6-18)16(3)13-17-11-15(2)12-19(22)14-17/h5-10,15-17,19H,4,11-14H2,1-3H3/b10-9+. The summed E-state index contributed by atoms with van der Waals surface area (Å²) in [7, 11) is 0. The smallest absolute Gasteiger partial charge is 0.330 e. The van der Waals surface area contributed by atoms with Crippen LogP contribution in [0.15, 0.2) is 36.4 Å². The van der Waals surface area contributed by atoms with E-state index in [-0.39, 0.29) is 17.2 Å². The summed E-state index contributed by atoms with van der Waals surface area (Å²) < 4.78 is 18.6. The summed E-state index contributed by atoms with van der Waals surface area (Å²) in [5, 5.41) is 0. The summed E-state index contributed by atoms with van der Waals surface area (Å²) in [6.45, 7) is 6.82. The molecule has 2 saturated carbocycles. The topological polar surface area (TPSA) is 26.3 Å². The molecule has 25 heavy (non-hydrogen) atoms. The van der Waals surface area contributed by atoms with Gasteiger partial charge >= 0.3 is 5.97 Å². The molecule has 0 aromatic heterocycles. The molecule has 1 aromatic carbocycles. The Kier molecular flexibility index (Phi) is 5.31. The molecule has 0 spiro atoms. The van der Waals surface area contributed by atoms with Crippen LogP contribution in [0.1, 0.15) is 52.0 Å². The first kappa shape index (κ1) is 18.2. The highest BCUT2D eigenvalue weighted by Gasteiger charge is 2.50. The average Bonchev–Trinajstić information content (AvgIpc) is 2.56. The molecular formula is C22H29FO2. The number of hydrogen-bond acceptors (Lipinski definition) is 2. The highest BCUT2D eigenvalue weighted by molar-refractivity contribution is 5.82. The van der Waals surface area contributed by atoms with Crippen molar-refractivity contribution in [3.8, 4) is 0 Å². The molecule has 2 bridgehead atoms. The van der Waals surface area contributed by atoms with Gasteiger partial charge in [-0.3, -0.25) is 0 Å². The lowest BCUT2D eigenvalue weighted by atomic mass is 9.50. The third-order valence-electron chi connectivity index (χ3n) is 6.34. The second-order valence-electron chi connectivity index (χ2n) is 8.04. The Balaban J connectivity index is 2.04. The molecule has 3 rings (SSSR count). The van der Waals surface area contributed by atoms with Crippen LogP contribution in [0.5, 0.6) is 0 Å². The van der Waals surface area contributed by atoms with Crippen molar-refractivity contribution in [3.05, 3.63) is 47.8 Å². The number of ether oxygens (including phenoxy) is 1. The van der Waals surface area contributed by atoms with Crippen molar-refractivity contribution in [1.29, 1.82) is 0 Å². The summed E-state index contributed by atoms with van der Waals surface area (Å²) in [5.74, 6) is 1.87. The molecule has 5 unspecified atom stereocenters. The van der Waals surface area contributed by atoms with Gasteiger partial charge in [-0.05, 0) is 74.0 Å². The van der Waals surface area contributed by atoms with Crippen LogP contribution in [0, 0.1) is 29.5 Å². The van der Waals surface area contributed by atoms with Gasteiger partial charge in [-0.2, -0.15) is 0 Å². The van der Waals surface area contributed by atoms with Gasteiger partial charge in [-0.15, -0.1) is 0 Å². The summed E-state index contributed by atoms with van der Waals surface area (Å²) in [6, 6.07) is 6.89. The van der Waals surface area contributed by atoms with Crippen LogP contribution in [0.3, 0.4) is 0 Å². The molecule has 2 fully saturated rings. The van der Waals surface area contributed by atoms with Crippen molar-refractivity contribution >= 4 is 5.97 Å². The molecule has 0 radical (unpaired) electrons. The molecule has 2 aliphatic carbocycles. The minimum atomic E-state index is -0.290. The average molecular weight is 344 g/mol. The van der Waals surface area contributed by atoms with E-state index in [1.165, 1.54) is 12.8 Å². The van der Waals surface area contributed by atoms with Gasteiger partial charge < -0.3 is 4.74 Å². The van der Waals surface area contributed by atoms with E-state index >= 15 is 0 Å². The quantitative estimate of drug-likeness (QED) is 0.549. The number of halogens is 1. The second kappa shape index (κ2) is 7.31. The molecule has 1 aromatic rings. The van der Waals surface area contributed by atoms with Crippen LogP contribution in [-0.4, -0.2) is 12.6 Å². The first-order valence-electron chi connectivity index (χ1n) is 9.57. The predicted molar refractivity (Wildman–Crippen MR) is 97.6 cm³/mol. The third kappa shape index (κ3) is 3.51. The number of carbonyl (C=O) groups excluding carboxylic acids is 1. The molecule has 136 valence electrons. The van der Waals surface area contributed by atoms with Crippen molar-refractivity contribution in [1.82, 2.24) is 0 Å². The highest BCUT2D eigenvalue weighted by Crippen LogP contribution is 2.56. The van der Waals surface area contributed by atoms with E-state index < -0.39 is 0 Å². The van der Waals surface area contributed by atoms with E-state index in [0.717, 1.165) is 24.3 Å². The molecule has 0 amide bonds. The largest absolute Gasteiger partial charge is 0.463 e. The van der Waals surface area contributed by atoms with E-state index in [2.05, 4.69) is 19.9 Å². The Labute approximate surface area is 150 Å². The summed E-state index contributed by atoms with van der Waals surface area (Å²) in [6.07, 6.45) is 8.49. The monoisotopic (exact) mass is 344 g/mol. The van der Waals surface area contributed by atoms with Gasteiger partial charge in [0.05, 0.1) is 6.61 Å². The maximum absolute atomic E-state index is 13.5. The molecule has 3 heteroatoms. The maximum Gasteiger partial charge on any atom is 0.330 e. The molecule has 0 saturated heterocycles. The van der Waals surface area contributed by atoms with E-state index in [4.69, 9.17) is 4.74 Å². The zero-order valence-electron chi connectivity index (χ0n) is 15.5. The Morgan fingerprint density at radius 1 is 1.20 bits per heavy atom. The zero-order valence-corrected chi connectivity index (χ0v) is 15.5. The van der Waals surface area contributed by atoms with Gasteiger partial charge in [0.25, 0.3) is 0 Å². The summed E-state index contributed by atoms with van der Waals surface area (Å²) in [5.41, 5.74) is 0.908.